The molecule has 0 radical (unpaired) electrons. The summed E-state index contributed by atoms with van der Waals surface area (Å²) in [5.41, 5.74) is 1.48. The van der Waals surface area contributed by atoms with E-state index < -0.39 is 11.7 Å². The van der Waals surface area contributed by atoms with Crippen LogP contribution in [0, 0.1) is 0 Å². The number of hydrogen-bond acceptors (Lipinski definition) is 5. The Hall–Kier alpha value is -0.980. The Kier molecular flexibility index (Phi) is 13.5. The van der Waals surface area contributed by atoms with Gasteiger partial charge in [0.05, 0.1) is 11.7 Å². The van der Waals surface area contributed by atoms with E-state index in [-0.39, 0.29) is 12.6 Å². The number of allylic oxidation sites excluding steroid dienone is 2. The van der Waals surface area contributed by atoms with Crippen molar-refractivity contribution in [3.05, 3.63) is 36.0 Å². The molecule has 174 valence electrons. The molecule has 0 aromatic carbocycles. The molecule has 0 spiro atoms. The maximum Gasteiger partial charge on any atom is 0.160 e. The van der Waals surface area contributed by atoms with Gasteiger partial charge in [0, 0.05) is 13.2 Å². The van der Waals surface area contributed by atoms with Crippen LogP contribution in [0.15, 0.2) is 36.0 Å². The monoisotopic (exact) mass is 424 g/mol. The minimum atomic E-state index is -0.796. The molecule has 0 aliphatic carbocycles. The number of hydrogen-bond donors (Lipinski definition) is 2. The van der Waals surface area contributed by atoms with Crippen LogP contribution in [0.1, 0.15) is 85.5 Å². The van der Waals surface area contributed by atoms with E-state index in [4.69, 9.17) is 14.2 Å². The molecule has 5 heteroatoms. The van der Waals surface area contributed by atoms with Gasteiger partial charge < -0.3 is 24.4 Å². The predicted octanol–water partition coefficient (Wildman–Crippen LogP) is 5.42. The summed E-state index contributed by atoms with van der Waals surface area (Å²) >= 11 is 0. The van der Waals surface area contributed by atoms with Crippen molar-refractivity contribution >= 4 is 0 Å². The molecular formula is C25H44O5. The van der Waals surface area contributed by atoms with E-state index in [2.05, 4.69) is 12.7 Å². The zero-order chi connectivity index (χ0) is 22.4. The van der Waals surface area contributed by atoms with E-state index in [9.17, 15) is 10.2 Å². The zero-order valence-electron chi connectivity index (χ0n) is 19.6. The van der Waals surface area contributed by atoms with Crippen molar-refractivity contribution < 1.29 is 24.4 Å². The maximum absolute atomic E-state index is 9.73. The van der Waals surface area contributed by atoms with Gasteiger partial charge in [-0.05, 0) is 85.5 Å². The lowest BCUT2D eigenvalue weighted by molar-refractivity contribution is -0.264. The molecule has 2 rings (SSSR count). The van der Waals surface area contributed by atoms with Crippen LogP contribution in [-0.2, 0) is 14.2 Å². The highest BCUT2D eigenvalue weighted by Gasteiger charge is 2.21. The molecule has 30 heavy (non-hydrogen) atoms. The molecule has 2 fully saturated rings. The lowest BCUT2D eigenvalue weighted by Gasteiger charge is -2.29. The van der Waals surface area contributed by atoms with Crippen LogP contribution >= 0.6 is 0 Å². The van der Waals surface area contributed by atoms with E-state index in [0.29, 0.717) is 12.8 Å². The summed E-state index contributed by atoms with van der Waals surface area (Å²) in [6.07, 6.45) is 14.0. The van der Waals surface area contributed by atoms with Crippen molar-refractivity contribution in [3.8, 4) is 0 Å². The van der Waals surface area contributed by atoms with Crippen LogP contribution in [0.3, 0.4) is 0 Å². The fourth-order valence-electron chi connectivity index (χ4n) is 3.38. The molecular weight excluding hydrogens is 380 g/mol. The number of rotatable bonds is 9. The van der Waals surface area contributed by atoms with Gasteiger partial charge >= 0.3 is 0 Å². The Morgan fingerprint density at radius 3 is 2.10 bits per heavy atom. The van der Waals surface area contributed by atoms with Crippen LogP contribution in [0.4, 0.5) is 0 Å². The number of ether oxygens (including phenoxy) is 3. The van der Waals surface area contributed by atoms with Crippen molar-refractivity contribution in [1.29, 1.82) is 0 Å². The summed E-state index contributed by atoms with van der Waals surface area (Å²) in [5.74, 6) is 0. The van der Waals surface area contributed by atoms with E-state index in [1.807, 2.05) is 26.8 Å². The van der Waals surface area contributed by atoms with Gasteiger partial charge in [-0.25, -0.2) is 0 Å². The van der Waals surface area contributed by atoms with E-state index >= 15 is 0 Å². The second-order valence-corrected chi connectivity index (χ2v) is 8.89. The quantitative estimate of drug-likeness (QED) is 0.484. The average molecular weight is 425 g/mol. The van der Waals surface area contributed by atoms with Gasteiger partial charge in [-0.15, -0.1) is 6.58 Å². The molecule has 2 aliphatic heterocycles. The highest BCUT2D eigenvalue weighted by Crippen LogP contribution is 2.20. The largest absolute Gasteiger partial charge is 0.389 e. The molecule has 4 unspecified atom stereocenters. The Morgan fingerprint density at radius 2 is 1.67 bits per heavy atom. The maximum atomic E-state index is 9.73. The first-order chi connectivity index (χ1) is 14.2. The highest BCUT2D eigenvalue weighted by atomic mass is 16.8. The fourth-order valence-corrected chi connectivity index (χ4v) is 3.38. The lowest BCUT2D eigenvalue weighted by atomic mass is 9.98. The third-order valence-corrected chi connectivity index (χ3v) is 5.22. The molecule has 0 bridgehead atoms. The molecule has 2 saturated heterocycles. The van der Waals surface area contributed by atoms with Gasteiger partial charge in [0.1, 0.15) is 0 Å². The molecule has 0 aromatic heterocycles. The molecule has 2 heterocycles. The Morgan fingerprint density at radius 1 is 1.10 bits per heavy atom. The van der Waals surface area contributed by atoms with Gasteiger partial charge in [0.2, 0.25) is 0 Å². The van der Waals surface area contributed by atoms with Gasteiger partial charge in [-0.3, -0.25) is 0 Å². The summed E-state index contributed by atoms with van der Waals surface area (Å²) in [4.78, 5) is 0. The van der Waals surface area contributed by atoms with Crippen molar-refractivity contribution in [3.63, 3.8) is 0 Å². The van der Waals surface area contributed by atoms with E-state index in [1.54, 1.807) is 13.0 Å². The standard InChI is InChI=1S/C15H26O2.C10H18O3/c1-6-15(5,17)9-7-8-13(4)11-14(16)10-12(2)3;1-3-7-11-9(5-1)13-10-6-2-4-8-12-10/h6,8,10,14,16-17H,1,7,9,11H2,2-5H3;9-10H,1-8H2. The van der Waals surface area contributed by atoms with Gasteiger partial charge in [0.15, 0.2) is 12.6 Å². The smallest absolute Gasteiger partial charge is 0.160 e. The summed E-state index contributed by atoms with van der Waals surface area (Å²) in [7, 11) is 0. The molecule has 0 saturated carbocycles. The minimum absolute atomic E-state index is 0.00292. The zero-order valence-corrected chi connectivity index (χ0v) is 19.6. The van der Waals surface area contributed by atoms with E-state index in [1.165, 1.54) is 25.7 Å². The fraction of sp³-hybridized carbons (Fsp3) is 0.760. The Labute approximate surface area is 183 Å². The number of aliphatic hydroxyl groups excluding tert-OH is 1. The Balaban J connectivity index is 0.000000308. The molecule has 0 aromatic rings. The topological polar surface area (TPSA) is 68.2 Å². The molecule has 2 N–H and O–H groups in total. The molecule has 0 amide bonds. The van der Waals surface area contributed by atoms with Crippen molar-refractivity contribution in [2.45, 2.75) is 110 Å². The molecule has 5 nitrogen and oxygen atoms in total. The van der Waals surface area contributed by atoms with Gasteiger partial charge in [0.25, 0.3) is 0 Å². The first-order valence-electron chi connectivity index (χ1n) is 11.4. The summed E-state index contributed by atoms with van der Waals surface area (Å²) in [5, 5.41) is 19.4. The van der Waals surface area contributed by atoms with Gasteiger partial charge in [-0.1, -0.05) is 29.4 Å². The normalized spacial score (nSPS) is 25.3. The SMILES string of the molecule is C1CCC(OC2CCCCO2)OC1.C=CC(C)(O)CCC=C(C)CC(O)C=C(C)C. The highest BCUT2D eigenvalue weighted by molar-refractivity contribution is 5.07. The number of aliphatic hydroxyl groups is 2. The van der Waals surface area contributed by atoms with E-state index in [0.717, 1.165) is 43.6 Å². The van der Waals surface area contributed by atoms with Crippen LogP contribution in [0.5, 0.6) is 0 Å². The second-order valence-electron chi connectivity index (χ2n) is 8.89. The first-order valence-corrected chi connectivity index (χ1v) is 11.4. The van der Waals surface area contributed by atoms with Crippen molar-refractivity contribution in [1.82, 2.24) is 0 Å². The predicted molar refractivity (Wildman–Crippen MR) is 122 cm³/mol. The molecule has 4 atom stereocenters. The minimum Gasteiger partial charge on any atom is -0.389 e. The van der Waals surface area contributed by atoms with Crippen molar-refractivity contribution in [2.75, 3.05) is 13.2 Å². The Bertz CT molecular complexity index is 506. The van der Waals surface area contributed by atoms with Gasteiger partial charge in [-0.2, -0.15) is 0 Å². The van der Waals surface area contributed by atoms with Crippen LogP contribution in [0.25, 0.3) is 0 Å². The second kappa shape index (κ2) is 14.9. The lowest BCUT2D eigenvalue weighted by Crippen LogP contribution is -2.31. The van der Waals surface area contributed by atoms with Crippen LogP contribution in [-0.4, -0.2) is 47.7 Å². The summed E-state index contributed by atoms with van der Waals surface area (Å²) in [6.45, 7) is 13.0. The first kappa shape index (κ1) is 27.1. The van der Waals surface area contributed by atoms with Crippen molar-refractivity contribution in [2.24, 2.45) is 0 Å². The van der Waals surface area contributed by atoms with Crippen LogP contribution < -0.4 is 0 Å². The third-order valence-electron chi connectivity index (χ3n) is 5.22. The van der Waals surface area contributed by atoms with Crippen LogP contribution in [0.2, 0.25) is 0 Å². The summed E-state index contributed by atoms with van der Waals surface area (Å²) < 4.78 is 16.6. The average Bonchev–Trinajstić information content (AvgIpc) is 2.69. The third kappa shape index (κ3) is 13.3. The summed E-state index contributed by atoms with van der Waals surface area (Å²) in [6, 6.07) is 0. The molecule has 2 aliphatic rings.